The van der Waals surface area contributed by atoms with Crippen molar-refractivity contribution in [1.82, 2.24) is 55.3 Å². The number of carbonyl (C=O) groups excluding carboxylic acids is 5. The molecule has 0 spiro atoms. The Labute approximate surface area is 381 Å². The van der Waals surface area contributed by atoms with Gasteiger partial charge in [-0.3, -0.25) is 34.0 Å². The van der Waals surface area contributed by atoms with E-state index in [1.54, 1.807) is 25.3 Å². The van der Waals surface area contributed by atoms with Crippen molar-refractivity contribution < 1.29 is 33.4 Å². The van der Waals surface area contributed by atoms with Crippen molar-refractivity contribution in [2.75, 3.05) is 46.9 Å². The van der Waals surface area contributed by atoms with Crippen LogP contribution >= 0.6 is 0 Å². The van der Waals surface area contributed by atoms with Gasteiger partial charge in [-0.1, -0.05) is 34.3 Å². The molecule has 4 atom stereocenters. The number of likely N-dealkylation sites (tertiary alicyclic amines) is 1. The quantitative estimate of drug-likeness (QED) is 0.107. The topological polar surface area (TPSA) is 199 Å². The van der Waals surface area contributed by atoms with Gasteiger partial charge in [0.25, 0.3) is 5.91 Å². The number of nitrogens with zero attached hydrogens (tertiary/aromatic N) is 9. The Morgan fingerprint density at radius 3 is 2.54 bits per heavy atom. The molecule has 0 radical (unpaired) electrons. The number of hydrogen-bond donors (Lipinski definition) is 2. The number of likely N-dealkylation sites (N-methyl/N-ethyl adjacent to an activating group) is 1. The molecule has 4 aromatic rings. The summed E-state index contributed by atoms with van der Waals surface area (Å²) in [5.74, 6) is -2.21. The van der Waals surface area contributed by atoms with Crippen molar-refractivity contribution in [2.24, 2.45) is 17.3 Å². The number of methoxy groups -OCH3 is 1. The molecule has 2 N–H and O–H groups in total. The molecule has 65 heavy (non-hydrogen) atoms. The van der Waals surface area contributed by atoms with Gasteiger partial charge in [0.15, 0.2) is 5.82 Å². The zero-order valence-corrected chi connectivity index (χ0v) is 39.3. The molecule has 0 aliphatic carbocycles. The molecule has 6 rings (SSSR count). The fraction of sp³-hybridized carbons (Fsp3) is 0.553. The number of fused-ring (bicyclic) bond motifs is 1. The Morgan fingerprint density at radius 2 is 1.88 bits per heavy atom. The summed E-state index contributed by atoms with van der Waals surface area (Å²) >= 11 is 0. The molecule has 3 aromatic heterocycles. The minimum atomic E-state index is -1.08. The van der Waals surface area contributed by atoms with Crippen LogP contribution < -0.4 is 10.7 Å². The standard InChI is InChI=1S/C47H65N11O7/c1-11-40(60)55-23-19-32(27-55)45(62)54(9)42(29(3)4)44(61)50-37(46(63)57-22-14-13-21-49-57)25-39-51-53-58(52-39)33-17-18-38-35(24-33)36(26-47(7,8)28-65-31(6)59)43(56(38)12-2)34-16-15-20-48-41(34)30(5)64-10/h11,15-18,20,24,29-30,32,37,42,49H,1,12-14,19,21-23,25-28H2,2-10H3,(H,50,61)/t30-,32-,37-,42-/m0/s1. The summed E-state index contributed by atoms with van der Waals surface area (Å²) in [6, 6.07) is 7.94. The van der Waals surface area contributed by atoms with E-state index < -0.39 is 29.3 Å². The number of hydrazine groups is 1. The highest BCUT2D eigenvalue weighted by atomic mass is 16.5. The summed E-state index contributed by atoms with van der Waals surface area (Å²) in [5.41, 5.74) is 8.04. The van der Waals surface area contributed by atoms with Gasteiger partial charge in [-0.25, -0.2) is 5.43 Å². The van der Waals surface area contributed by atoms with Gasteiger partial charge in [0.1, 0.15) is 12.1 Å². The number of ether oxygens (including phenoxy) is 2. The van der Waals surface area contributed by atoms with Crippen molar-refractivity contribution in [1.29, 1.82) is 0 Å². The van der Waals surface area contributed by atoms with E-state index in [2.05, 4.69) is 59.0 Å². The lowest BCUT2D eigenvalue weighted by Gasteiger charge is -2.34. The number of pyridine rings is 1. The number of benzene rings is 1. The minimum Gasteiger partial charge on any atom is -0.465 e. The predicted molar refractivity (Wildman–Crippen MR) is 244 cm³/mol. The summed E-state index contributed by atoms with van der Waals surface area (Å²) in [7, 11) is 3.26. The van der Waals surface area contributed by atoms with Gasteiger partial charge in [-0.2, -0.15) is 0 Å². The van der Waals surface area contributed by atoms with E-state index in [0.29, 0.717) is 44.7 Å². The fourth-order valence-corrected chi connectivity index (χ4v) is 9.01. The molecule has 2 fully saturated rings. The van der Waals surface area contributed by atoms with Crippen LogP contribution in [0.1, 0.15) is 90.9 Å². The molecule has 2 saturated heterocycles. The Balaban J connectivity index is 1.33. The highest BCUT2D eigenvalue weighted by Crippen LogP contribution is 2.41. The molecule has 2 aliphatic rings. The average molecular weight is 896 g/mol. The third kappa shape index (κ3) is 10.9. The zero-order valence-electron chi connectivity index (χ0n) is 39.3. The van der Waals surface area contributed by atoms with Crippen molar-refractivity contribution in [3.05, 3.63) is 66.3 Å². The van der Waals surface area contributed by atoms with Gasteiger partial charge in [0.2, 0.25) is 17.7 Å². The van der Waals surface area contributed by atoms with Crippen LogP contribution in [-0.2, 0) is 52.8 Å². The first-order chi connectivity index (χ1) is 31.0. The second kappa shape index (κ2) is 20.9. The van der Waals surface area contributed by atoms with Crippen LogP contribution in [0, 0.1) is 17.3 Å². The maximum atomic E-state index is 14.3. The number of rotatable bonds is 18. The normalized spacial score (nSPS) is 16.9. The van der Waals surface area contributed by atoms with Crippen LogP contribution in [0.25, 0.3) is 27.8 Å². The molecular formula is C47H65N11O7. The highest BCUT2D eigenvalue weighted by Gasteiger charge is 2.39. The lowest BCUT2D eigenvalue weighted by molar-refractivity contribution is -0.146. The van der Waals surface area contributed by atoms with Crippen molar-refractivity contribution in [3.63, 3.8) is 0 Å². The summed E-state index contributed by atoms with van der Waals surface area (Å²) in [6.45, 7) is 19.5. The summed E-state index contributed by atoms with van der Waals surface area (Å²) in [4.78, 5) is 75.6. The van der Waals surface area contributed by atoms with Crippen LogP contribution in [0.15, 0.2) is 49.2 Å². The van der Waals surface area contributed by atoms with E-state index in [0.717, 1.165) is 46.3 Å². The van der Waals surface area contributed by atoms with Crippen LogP contribution in [0.4, 0.5) is 0 Å². The van der Waals surface area contributed by atoms with E-state index >= 15 is 0 Å². The largest absolute Gasteiger partial charge is 0.465 e. The van der Waals surface area contributed by atoms with Gasteiger partial charge in [-0.15, -0.1) is 15.0 Å². The SMILES string of the molecule is C=CC(=O)N1CC[C@H](C(=O)N(C)[C@H](C(=O)N[C@@H](Cc2nnn(-c3ccc4c(c3)c(CC(C)(C)COC(C)=O)c(-c3cccnc3[C@H](C)OC)n4CC)n2)C(=O)N2CCCCN2)C(C)C)C1. The van der Waals surface area contributed by atoms with Crippen LogP contribution in [0.3, 0.4) is 0 Å². The molecule has 2 aliphatic heterocycles. The number of aryl methyl sites for hydroxylation is 1. The number of nitrogens with one attached hydrogen (secondary N) is 2. The van der Waals surface area contributed by atoms with Gasteiger partial charge in [0, 0.05) is 88.3 Å². The predicted octanol–water partition coefficient (Wildman–Crippen LogP) is 4.21. The maximum absolute atomic E-state index is 14.3. The van der Waals surface area contributed by atoms with E-state index in [1.807, 2.05) is 45.0 Å². The van der Waals surface area contributed by atoms with Crippen molar-refractivity contribution in [2.45, 2.75) is 105 Å². The molecule has 1 aromatic carbocycles. The lowest BCUT2D eigenvalue weighted by atomic mass is 9.84. The van der Waals surface area contributed by atoms with Gasteiger partial charge in [-0.05, 0) is 92.6 Å². The first-order valence-electron chi connectivity index (χ1n) is 22.6. The van der Waals surface area contributed by atoms with Crippen LogP contribution in [0.2, 0.25) is 0 Å². The lowest BCUT2D eigenvalue weighted by Crippen LogP contribution is -2.60. The molecule has 18 heteroatoms. The molecule has 4 amide bonds. The Kier molecular flexibility index (Phi) is 15.6. The van der Waals surface area contributed by atoms with Crippen molar-refractivity contribution >= 4 is 40.5 Å². The van der Waals surface area contributed by atoms with E-state index in [4.69, 9.17) is 19.6 Å². The fourth-order valence-electron chi connectivity index (χ4n) is 9.01. The number of amides is 4. The van der Waals surface area contributed by atoms with Gasteiger partial charge in [0.05, 0.1) is 35.7 Å². The first kappa shape index (κ1) is 48.4. The zero-order chi connectivity index (χ0) is 47.2. The second-order valence-electron chi connectivity index (χ2n) is 18.2. The number of carbonyl (C=O) groups is 5. The molecule has 0 saturated carbocycles. The molecule has 0 bridgehead atoms. The molecule has 18 nitrogen and oxygen atoms in total. The van der Waals surface area contributed by atoms with Gasteiger partial charge >= 0.3 is 5.97 Å². The molecule has 350 valence electrons. The number of hydrogen-bond acceptors (Lipinski definition) is 12. The number of esters is 1. The highest BCUT2D eigenvalue weighted by molar-refractivity contribution is 5.95. The first-order valence-corrected chi connectivity index (χ1v) is 22.6. The Bertz CT molecular complexity index is 2380. The number of aromatic nitrogens is 6. The third-order valence-electron chi connectivity index (χ3n) is 12.4. The monoisotopic (exact) mass is 896 g/mol. The molecular weight excluding hydrogens is 831 g/mol. The summed E-state index contributed by atoms with van der Waals surface area (Å²) in [5, 5.41) is 19.0. The van der Waals surface area contributed by atoms with Crippen molar-refractivity contribution in [3.8, 4) is 16.9 Å². The minimum absolute atomic E-state index is 0.0673. The van der Waals surface area contributed by atoms with E-state index in [-0.39, 0.29) is 61.1 Å². The summed E-state index contributed by atoms with van der Waals surface area (Å²) in [6.07, 6.45) is 5.38. The summed E-state index contributed by atoms with van der Waals surface area (Å²) < 4.78 is 13.6. The Morgan fingerprint density at radius 1 is 1.11 bits per heavy atom. The maximum Gasteiger partial charge on any atom is 0.302 e. The van der Waals surface area contributed by atoms with Crippen LogP contribution in [0.5, 0.6) is 0 Å². The molecule has 5 heterocycles. The number of tetrazole rings is 1. The van der Waals surface area contributed by atoms with Gasteiger partial charge < -0.3 is 29.2 Å². The van der Waals surface area contributed by atoms with E-state index in [9.17, 15) is 24.0 Å². The average Bonchev–Trinajstić information content (AvgIpc) is 4.05. The third-order valence-corrected chi connectivity index (χ3v) is 12.4. The molecule has 0 unspecified atom stereocenters. The Hall–Kier alpha value is -6.01. The second-order valence-corrected chi connectivity index (χ2v) is 18.2. The van der Waals surface area contributed by atoms with E-state index in [1.165, 1.54) is 27.7 Å². The van der Waals surface area contributed by atoms with Crippen LogP contribution in [-0.4, -0.2) is 133 Å². The smallest absolute Gasteiger partial charge is 0.302 e.